The van der Waals surface area contributed by atoms with E-state index in [9.17, 15) is 14.7 Å². The molecule has 1 N–H and O–H groups in total. The van der Waals surface area contributed by atoms with E-state index < -0.39 is 17.7 Å². The van der Waals surface area contributed by atoms with Crippen LogP contribution >= 0.6 is 11.3 Å². The highest BCUT2D eigenvalue weighted by Gasteiger charge is 2.46. The van der Waals surface area contributed by atoms with E-state index in [-0.39, 0.29) is 11.3 Å². The fraction of sp³-hybridized carbons (Fsp3) is 0.417. The molecule has 0 saturated carbocycles. The Labute approximate surface area is 196 Å². The standard InChI is InChI=1S/C24H26N2O6S/c27-22(16-4-5-17-18(15-16)32-13-12-31-17)20-21(19-3-1-14-33-19)26(24(29)23(20)28)7-2-6-25-8-10-30-11-9-25/h1,3-5,14-15,21,27H,2,6-13H2/b22-20-. The summed E-state index contributed by atoms with van der Waals surface area (Å²) in [5.74, 6) is -0.324. The first-order valence-electron chi connectivity index (χ1n) is 11.2. The third kappa shape index (κ3) is 4.36. The van der Waals surface area contributed by atoms with Crippen LogP contribution < -0.4 is 9.47 Å². The number of aliphatic hydroxyl groups excluding tert-OH is 1. The molecule has 174 valence electrons. The van der Waals surface area contributed by atoms with E-state index in [1.807, 2.05) is 17.5 Å². The number of morpholine rings is 1. The zero-order valence-electron chi connectivity index (χ0n) is 18.2. The van der Waals surface area contributed by atoms with Gasteiger partial charge >= 0.3 is 0 Å². The molecule has 1 aromatic heterocycles. The lowest BCUT2D eigenvalue weighted by molar-refractivity contribution is -0.140. The van der Waals surface area contributed by atoms with E-state index >= 15 is 0 Å². The SMILES string of the molecule is O=C1C(=O)N(CCCN2CCOCC2)C(c2cccs2)/C1=C(/O)c1ccc2c(c1)OCCO2. The largest absolute Gasteiger partial charge is 0.507 e. The third-order valence-corrected chi connectivity index (χ3v) is 7.07. The number of carbonyl (C=O) groups is 2. The molecule has 1 atom stereocenters. The van der Waals surface area contributed by atoms with Crippen LogP contribution in [0, 0.1) is 0 Å². The molecule has 8 nitrogen and oxygen atoms in total. The molecular weight excluding hydrogens is 444 g/mol. The van der Waals surface area contributed by atoms with Crippen LogP contribution in [0.4, 0.5) is 0 Å². The van der Waals surface area contributed by atoms with Gasteiger partial charge in [-0.1, -0.05) is 6.07 Å². The average molecular weight is 471 g/mol. The van der Waals surface area contributed by atoms with Gasteiger partial charge in [0.25, 0.3) is 11.7 Å². The Hall–Kier alpha value is -2.88. The molecule has 3 aliphatic rings. The van der Waals surface area contributed by atoms with E-state index in [1.54, 1.807) is 23.1 Å². The van der Waals surface area contributed by atoms with Gasteiger partial charge in [-0.3, -0.25) is 14.5 Å². The fourth-order valence-corrected chi connectivity index (χ4v) is 5.33. The van der Waals surface area contributed by atoms with Gasteiger partial charge in [0, 0.05) is 36.6 Å². The molecule has 0 bridgehead atoms. The molecule has 2 saturated heterocycles. The van der Waals surface area contributed by atoms with Crippen molar-refractivity contribution in [1.29, 1.82) is 0 Å². The lowest BCUT2D eigenvalue weighted by Crippen LogP contribution is -2.38. The number of ether oxygens (including phenoxy) is 3. The van der Waals surface area contributed by atoms with Gasteiger partial charge in [0.1, 0.15) is 19.0 Å². The predicted molar refractivity (Wildman–Crippen MR) is 123 cm³/mol. The van der Waals surface area contributed by atoms with Crippen molar-refractivity contribution in [2.45, 2.75) is 12.5 Å². The van der Waals surface area contributed by atoms with Crippen LogP contribution in [0.2, 0.25) is 0 Å². The van der Waals surface area contributed by atoms with Crippen molar-refractivity contribution >= 4 is 28.8 Å². The summed E-state index contributed by atoms with van der Waals surface area (Å²) in [6.07, 6.45) is 0.735. The van der Waals surface area contributed by atoms with Crippen molar-refractivity contribution in [2.75, 3.05) is 52.6 Å². The molecule has 0 radical (unpaired) electrons. The minimum Gasteiger partial charge on any atom is -0.507 e. The molecule has 1 aromatic carbocycles. The summed E-state index contributed by atoms with van der Waals surface area (Å²) in [6, 6.07) is 8.22. The molecule has 1 amide bonds. The average Bonchev–Trinajstić information content (AvgIpc) is 3.47. The Kier molecular flexibility index (Phi) is 6.34. The summed E-state index contributed by atoms with van der Waals surface area (Å²) in [7, 11) is 0. The maximum atomic E-state index is 13.1. The Morgan fingerprint density at radius 2 is 1.82 bits per heavy atom. The van der Waals surface area contributed by atoms with Gasteiger partial charge in [0.05, 0.1) is 24.8 Å². The Morgan fingerprint density at radius 1 is 1.03 bits per heavy atom. The monoisotopic (exact) mass is 470 g/mol. The molecular formula is C24H26N2O6S. The van der Waals surface area contributed by atoms with Crippen LogP contribution in [0.15, 0.2) is 41.3 Å². The van der Waals surface area contributed by atoms with E-state index in [0.717, 1.165) is 44.1 Å². The summed E-state index contributed by atoms with van der Waals surface area (Å²) < 4.78 is 16.6. The smallest absolute Gasteiger partial charge is 0.295 e. The zero-order chi connectivity index (χ0) is 22.8. The second kappa shape index (κ2) is 9.54. The van der Waals surface area contributed by atoms with E-state index in [0.29, 0.717) is 36.8 Å². The minimum atomic E-state index is -0.660. The number of thiophene rings is 1. The number of carbonyl (C=O) groups excluding carboxylic acids is 2. The quantitative estimate of drug-likeness (QED) is 0.395. The Morgan fingerprint density at radius 3 is 2.58 bits per heavy atom. The summed E-state index contributed by atoms with van der Waals surface area (Å²) in [6.45, 7) is 5.32. The first-order chi connectivity index (χ1) is 16.1. The molecule has 2 fully saturated rings. The number of hydrogen-bond donors (Lipinski definition) is 1. The maximum Gasteiger partial charge on any atom is 0.295 e. The van der Waals surface area contributed by atoms with Crippen LogP contribution in [0.1, 0.15) is 22.9 Å². The molecule has 33 heavy (non-hydrogen) atoms. The van der Waals surface area contributed by atoms with E-state index in [1.165, 1.54) is 11.3 Å². The van der Waals surface area contributed by atoms with Gasteiger partial charge in [-0.25, -0.2) is 0 Å². The van der Waals surface area contributed by atoms with Gasteiger partial charge in [0.15, 0.2) is 11.5 Å². The number of hydrogen-bond acceptors (Lipinski definition) is 8. The number of likely N-dealkylation sites (tertiary alicyclic amines) is 1. The van der Waals surface area contributed by atoms with Gasteiger partial charge in [-0.05, 0) is 36.1 Å². The van der Waals surface area contributed by atoms with Crippen molar-refractivity contribution in [1.82, 2.24) is 9.80 Å². The number of ketones is 1. The van der Waals surface area contributed by atoms with Crippen LogP contribution in [-0.2, 0) is 14.3 Å². The van der Waals surface area contributed by atoms with Crippen molar-refractivity contribution in [3.8, 4) is 11.5 Å². The fourth-order valence-electron chi connectivity index (χ4n) is 4.49. The van der Waals surface area contributed by atoms with Crippen molar-refractivity contribution < 1.29 is 28.9 Å². The highest BCUT2D eigenvalue weighted by molar-refractivity contribution is 7.10. The number of Topliss-reactive ketones (excluding diaryl/α,β-unsaturated/α-hetero) is 1. The highest BCUT2D eigenvalue weighted by Crippen LogP contribution is 2.42. The van der Waals surface area contributed by atoms with Crippen molar-refractivity contribution in [3.63, 3.8) is 0 Å². The molecule has 9 heteroatoms. The summed E-state index contributed by atoms with van der Waals surface area (Å²) in [5.41, 5.74) is 0.539. The number of benzene rings is 1. The molecule has 3 aliphatic heterocycles. The highest BCUT2D eigenvalue weighted by atomic mass is 32.1. The van der Waals surface area contributed by atoms with Gasteiger partial charge in [-0.2, -0.15) is 0 Å². The number of amides is 1. The summed E-state index contributed by atoms with van der Waals surface area (Å²) in [5, 5.41) is 13.1. The van der Waals surface area contributed by atoms with E-state index in [4.69, 9.17) is 14.2 Å². The summed E-state index contributed by atoms with van der Waals surface area (Å²) in [4.78, 5) is 30.9. The topological polar surface area (TPSA) is 88.5 Å². The maximum absolute atomic E-state index is 13.1. The lowest BCUT2D eigenvalue weighted by atomic mass is 9.99. The van der Waals surface area contributed by atoms with Crippen LogP contribution in [-0.4, -0.2) is 79.2 Å². The van der Waals surface area contributed by atoms with Gasteiger partial charge in [-0.15, -0.1) is 11.3 Å². The number of fused-ring (bicyclic) bond motifs is 1. The third-order valence-electron chi connectivity index (χ3n) is 6.15. The molecule has 1 unspecified atom stereocenters. The molecule has 2 aromatic rings. The number of rotatable bonds is 6. The first-order valence-corrected chi connectivity index (χ1v) is 12.0. The second-order valence-corrected chi connectivity index (χ2v) is 9.15. The molecule has 0 aliphatic carbocycles. The van der Waals surface area contributed by atoms with Crippen LogP contribution in [0.25, 0.3) is 5.76 Å². The van der Waals surface area contributed by atoms with Crippen LogP contribution in [0.5, 0.6) is 11.5 Å². The lowest BCUT2D eigenvalue weighted by Gasteiger charge is -2.28. The second-order valence-electron chi connectivity index (χ2n) is 8.17. The van der Waals surface area contributed by atoms with Crippen molar-refractivity contribution in [2.24, 2.45) is 0 Å². The zero-order valence-corrected chi connectivity index (χ0v) is 19.0. The van der Waals surface area contributed by atoms with E-state index in [2.05, 4.69) is 4.90 Å². The summed E-state index contributed by atoms with van der Waals surface area (Å²) >= 11 is 1.47. The minimum absolute atomic E-state index is 0.116. The predicted octanol–water partition coefficient (Wildman–Crippen LogP) is 2.66. The van der Waals surface area contributed by atoms with Gasteiger partial charge < -0.3 is 24.2 Å². The molecule has 4 heterocycles. The first kappa shape index (κ1) is 21.9. The number of nitrogens with zero attached hydrogens (tertiary/aromatic N) is 2. The Bertz CT molecular complexity index is 1060. The normalized spacial score (nSPS) is 22.7. The molecule has 0 spiro atoms. The molecule has 5 rings (SSSR count). The number of aliphatic hydroxyl groups is 1. The Balaban J connectivity index is 1.44. The van der Waals surface area contributed by atoms with Crippen LogP contribution in [0.3, 0.4) is 0 Å². The van der Waals surface area contributed by atoms with Gasteiger partial charge in [0.2, 0.25) is 0 Å². The van der Waals surface area contributed by atoms with Crippen molar-refractivity contribution in [3.05, 3.63) is 51.7 Å².